The van der Waals surface area contributed by atoms with E-state index in [0.29, 0.717) is 18.2 Å². The summed E-state index contributed by atoms with van der Waals surface area (Å²) in [6.45, 7) is 0. The highest BCUT2D eigenvalue weighted by molar-refractivity contribution is 6.31. The number of rotatable bonds is 0. The molecule has 0 saturated carbocycles. The zero-order valence-electron chi connectivity index (χ0n) is 5.62. The average Bonchev–Trinajstić information content (AvgIpc) is 1.83. The number of hydrogen-bond acceptors (Lipinski definition) is 0. The van der Waals surface area contributed by atoms with Gasteiger partial charge in [0.2, 0.25) is 0 Å². The van der Waals surface area contributed by atoms with Gasteiger partial charge < -0.3 is 0 Å². The first-order valence-electron chi connectivity index (χ1n) is 2.93. The molecule has 1 rings (SSSR count). The first kappa shape index (κ1) is 9.32. The maximum atomic E-state index is 12.3. The van der Waals surface area contributed by atoms with Crippen LogP contribution in [0, 0.1) is 5.82 Å². The lowest BCUT2D eigenvalue weighted by atomic mass is 10.2. The molecule has 0 amide bonds. The third-order valence-corrected chi connectivity index (χ3v) is 1.55. The van der Waals surface area contributed by atoms with Crippen LogP contribution in [-0.4, -0.2) is 0 Å². The molecule has 0 radical (unpaired) electrons. The quantitative estimate of drug-likeness (QED) is 0.560. The van der Waals surface area contributed by atoms with E-state index in [1.807, 2.05) is 0 Å². The molecule has 66 valence electrons. The van der Waals surface area contributed by atoms with Crippen LogP contribution in [-0.2, 0) is 6.18 Å². The Morgan fingerprint density at radius 2 is 1.75 bits per heavy atom. The summed E-state index contributed by atoms with van der Waals surface area (Å²) in [5, 5.41) is -0.623. The molecule has 12 heavy (non-hydrogen) atoms. The predicted molar refractivity (Wildman–Crippen MR) is 36.4 cm³/mol. The van der Waals surface area contributed by atoms with E-state index in [1.165, 1.54) is 0 Å². The van der Waals surface area contributed by atoms with Crippen LogP contribution in [0.4, 0.5) is 17.6 Å². The highest BCUT2D eigenvalue weighted by Crippen LogP contribution is 2.34. The van der Waals surface area contributed by atoms with Crippen molar-refractivity contribution in [3.05, 3.63) is 34.6 Å². The molecule has 0 aliphatic heterocycles. The third-order valence-electron chi connectivity index (χ3n) is 1.24. The Labute approximate surface area is 70.8 Å². The molecule has 1 aromatic rings. The molecule has 0 spiro atoms. The maximum Gasteiger partial charge on any atom is 0.417 e. The van der Waals surface area contributed by atoms with Gasteiger partial charge in [0.15, 0.2) is 0 Å². The minimum Gasteiger partial charge on any atom is -0.207 e. The van der Waals surface area contributed by atoms with E-state index >= 15 is 0 Å². The van der Waals surface area contributed by atoms with E-state index in [4.69, 9.17) is 11.6 Å². The summed E-state index contributed by atoms with van der Waals surface area (Å²) in [7, 11) is 0. The zero-order valence-corrected chi connectivity index (χ0v) is 6.38. The Morgan fingerprint density at radius 1 is 1.17 bits per heavy atom. The van der Waals surface area contributed by atoms with Crippen molar-refractivity contribution in [3.8, 4) is 0 Å². The van der Waals surface area contributed by atoms with Crippen molar-refractivity contribution >= 4 is 11.6 Å². The van der Waals surface area contributed by atoms with Crippen LogP contribution in [0.3, 0.4) is 0 Å². The van der Waals surface area contributed by atoms with Crippen molar-refractivity contribution in [1.29, 1.82) is 0 Å². The highest BCUT2D eigenvalue weighted by atomic mass is 35.5. The second-order valence-electron chi connectivity index (χ2n) is 2.12. The van der Waals surface area contributed by atoms with Crippen LogP contribution in [0.5, 0.6) is 0 Å². The van der Waals surface area contributed by atoms with Gasteiger partial charge in [-0.3, -0.25) is 0 Å². The maximum absolute atomic E-state index is 12.3. The first-order chi connectivity index (χ1) is 5.41. The highest BCUT2D eigenvalue weighted by Gasteiger charge is 2.32. The molecule has 0 aliphatic rings. The molecule has 0 fully saturated rings. The fourth-order valence-corrected chi connectivity index (χ4v) is 0.994. The number of benzene rings is 1. The monoisotopic (exact) mass is 198 g/mol. The molecule has 0 aliphatic carbocycles. The molecular weight excluding hydrogens is 196 g/mol. The van der Waals surface area contributed by atoms with Crippen molar-refractivity contribution in [2.75, 3.05) is 0 Å². The largest absolute Gasteiger partial charge is 0.417 e. The Hall–Kier alpha value is -0.770. The van der Waals surface area contributed by atoms with Crippen molar-refractivity contribution in [2.45, 2.75) is 6.18 Å². The SMILES string of the molecule is Fc1ccc(C(F)(F)F)c(Cl)c1. The minimum atomic E-state index is -4.52. The predicted octanol–water partition coefficient (Wildman–Crippen LogP) is 3.50. The lowest BCUT2D eigenvalue weighted by Crippen LogP contribution is -2.05. The molecule has 0 atom stereocenters. The second kappa shape index (κ2) is 2.94. The van der Waals surface area contributed by atoms with Gasteiger partial charge in [0.05, 0.1) is 10.6 Å². The lowest BCUT2D eigenvalue weighted by molar-refractivity contribution is -0.137. The molecule has 0 unspecified atom stereocenters. The lowest BCUT2D eigenvalue weighted by Gasteiger charge is -2.07. The third kappa shape index (κ3) is 1.88. The van der Waals surface area contributed by atoms with E-state index in [0.717, 1.165) is 0 Å². The van der Waals surface area contributed by atoms with Crippen LogP contribution in [0.2, 0.25) is 5.02 Å². The van der Waals surface area contributed by atoms with Gasteiger partial charge in [-0.2, -0.15) is 13.2 Å². The summed E-state index contributed by atoms with van der Waals surface area (Å²) in [5.74, 6) is -0.784. The van der Waals surface area contributed by atoms with Gasteiger partial charge in [-0.25, -0.2) is 4.39 Å². The van der Waals surface area contributed by atoms with Crippen molar-refractivity contribution < 1.29 is 17.6 Å². The van der Waals surface area contributed by atoms with Gasteiger partial charge in [0.25, 0.3) is 0 Å². The molecule has 0 nitrogen and oxygen atoms in total. The molecule has 0 saturated heterocycles. The Morgan fingerprint density at radius 3 is 2.17 bits per heavy atom. The van der Waals surface area contributed by atoms with Crippen LogP contribution in [0.1, 0.15) is 5.56 Å². The van der Waals surface area contributed by atoms with E-state index in [2.05, 4.69) is 0 Å². The van der Waals surface area contributed by atoms with Gasteiger partial charge in [-0.15, -0.1) is 0 Å². The fourth-order valence-electron chi connectivity index (χ4n) is 0.719. The van der Waals surface area contributed by atoms with Gasteiger partial charge in [-0.1, -0.05) is 11.6 Å². The van der Waals surface area contributed by atoms with Gasteiger partial charge in [0, 0.05) is 0 Å². The van der Waals surface area contributed by atoms with Crippen molar-refractivity contribution in [2.24, 2.45) is 0 Å². The summed E-state index contributed by atoms with van der Waals surface area (Å²) >= 11 is 5.15. The van der Waals surface area contributed by atoms with Crippen LogP contribution < -0.4 is 0 Å². The number of hydrogen-bond donors (Lipinski definition) is 0. The molecule has 0 N–H and O–H groups in total. The van der Waals surface area contributed by atoms with E-state index in [9.17, 15) is 17.6 Å². The van der Waals surface area contributed by atoms with Crippen molar-refractivity contribution in [1.82, 2.24) is 0 Å². The topological polar surface area (TPSA) is 0 Å². The molecule has 5 heteroatoms. The summed E-state index contributed by atoms with van der Waals surface area (Å²) in [6, 6.07) is 1.96. The van der Waals surface area contributed by atoms with Crippen LogP contribution in [0.25, 0.3) is 0 Å². The van der Waals surface area contributed by atoms with E-state index < -0.39 is 22.6 Å². The van der Waals surface area contributed by atoms with Gasteiger partial charge in [-0.05, 0) is 18.2 Å². The smallest absolute Gasteiger partial charge is 0.207 e. The van der Waals surface area contributed by atoms with Crippen LogP contribution in [0.15, 0.2) is 18.2 Å². The van der Waals surface area contributed by atoms with Crippen molar-refractivity contribution in [3.63, 3.8) is 0 Å². The second-order valence-corrected chi connectivity index (χ2v) is 2.53. The molecule has 0 bridgehead atoms. The van der Waals surface area contributed by atoms with E-state index in [-0.39, 0.29) is 0 Å². The fraction of sp³-hybridized carbons (Fsp3) is 0.143. The van der Waals surface area contributed by atoms with Gasteiger partial charge in [0.1, 0.15) is 5.82 Å². The Kier molecular flexibility index (Phi) is 2.28. The average molecular weight is 199 g/mol. The van der Waals surface area contributed by atoms with Crippen LogP contribution >= 0.6 is 11.6 Å². The molecule has 0 aromatic heterocycles. The normalized spacial score (nSPS) is 11.8. The number of alkyl halides is 3. The zero-order chi connectivity index (χ0) is 9.35. The number of halogens is 5. The Balaban J connectivity index is 3.19. The summed E-state index contributed by atoms with van der Waals surface area (Å²) < 4.78 is 48.2. The summed E-state index contributed by atoms with van der Waals surface area (Å²) in [5.41, 5.74) is -1.02. The molecule has 0 heterocycles. The van der Waals surface area contributed by atoms with Gasteiger partial charge >= 0.3 is 6.18 Å². The summed E-state index contributed by atoms with van der Waals surface area (Å²) in [4.78, 5) is 0. The standard InChI is InChI=1S/C7H3ClF4/c8-6-3-4(9)1-2-5(6)7(10,11)12/h1-3H. The Bertz CT molecular complexity index is 292. The first-order valence-corrected chi connectivity index (χ1v) is 3.31. The summed E-state index contributed by atoms with van der Waals surface area (Å²) in [6.07, 6.45) is -4.52. The minimum absolute atomic E-state index is 0.609. The van der Waals surface area contributed by atoms with E-state index in [1.54, 1.807) is 0 Å². The molecule has 1 aromatic carbocycles. The molecular formula is C7H3ClF4.